The van der Waals surface area contributed by atoms with Crippen LogP contribution in [0.1, 0.15) is 37.3 Å². The molecular weight excluding hydrogens is 236 g/mol. The average molecular weight is 249 g/mol. The summed E-state index contributed by atoms with van der Waals surface area (Å²) in [7, 11) is 0. The number of hydrogen-bond donors (Lipinski definition) is 0. The van der Waals surface area contributed by atoms with Crippen LogP contribution in [0.4, 0.5) is 0 Å². The molecule has 1 saturated carbocycles. The van der Waals surface area contributed by atoms with Crippen LogP contribution >= 0.6 is 11.6 Å². The minimum atomic E-state index is 0.561. The Morgan fingerprint density at radius 2 is 2.06 bits per heavy atom. The fourth-order valence-electron chi connectivity index (χ4n) is 2.36. The molecule has 0 spiro atoms. The van der Waals surface area contributed by atoms with Crippen molar-refractivity contribution in [2.75, 3.05) is 0 Å². The molecule has 17 heavy (non-hydrogen) atoms. The third-order valence-electron chi connectivity index (χ3n) is 3.22. The van der Waals surface area contributed by atoms with Crippen molar-refractivity contribution in [2.24, 2.45) is 0 Å². The Bertz CT molecular complexity index is 502. The Kier molecular flexibility index (Phi) is 2.81. The van der Waals surface area contributed by atoms with Crippen LogP contribution in [-0.4, -0.2) is 19.7 Å². The average Bonchev–Trinajstić information content (AvgIpc) is 2.99. The van der Waals surface area contributed by atoms with Gasteiger partial charge in [0.2, 0.25) is 0 Å². The smallest absolute Gasteiger partial charge is 0.173 e. The van der Waals surface area contributed by atoms with Crippen LogP contribution in [0.3, 0.4) is 0 Å². The SMILES string of the molecule is Clc1cc(C2CCCC2)nn1-c1cnccn1. The largest absolute Gasteiger partial charge is 0.259 e. The number of nitrogens with zero attached hydrogens (tertiary/aromatic N) is 4. The molecule has 0 amide bonds. The predicted molar refractivity (Wildman–Crippen MR) is 65.4 cm³/mol. The molecule has 0 radical (unpaired) electrons. The first-order valence-electron chi connectivity index (χ1n) is 5.86. The van der Waals surface area contributed by atoms with Gasteiger partial charge < -0.3 is 0 Å². The molecule has 88 valence electrons. The Morgan fingerprint density at radius 1 is 1.24 bits per heavy atom. The van der Waals surface area contributed by atoms with Gasteiger partial charge in [-0.1, -0.05) is 24.4 Å². The summed E-state index contributed by atoms with van der Waals surface area (Å²) in [6, 6.07) is 1.95. The van der Waals surface area contributed by atoms with Crippen LogP contribution in [-0.2, 0) is 0 Å². The molecule has 3 rings (SSSR count). The number of halogens is 1. The highest BCUT2D eigenvalue weighted by Crippen LogP contribution is 2.34. The minimum Gasteiger partial charge on any atom is -0.259 e. The Labute approximate surface area is 105 Å². The fraction of sp³-hybridized carbons (Fsp3) is 0.417. The first-order valence-corrected chi connectivity index (χ1v) is 6.24. The second-order valence-electron chi connectivity index (χ2n) is 4.35. The Balaban J connectivity index is 1.96. The first kappa shape index (κ1) is 10.7. The number of aromatic nitrogens is 4. The van der Waals surface area contributed by atoms with E-state index in [1.807, 2.05) is 6.07 Å². The zero-order valence-corrected chi connectivity index (χ0v) is 10.1. The van der Waals surface area contributed by atoms with E-state index in [0.717, 1.165) is 5.69 Å². The van der Waals surface area contributed by atoms with Crippen molar-refractivity contribution in [3.8, 4) is 5.82 Å². The van der Waals surface area contributed by atoms with Gasteiger partial charge in [0.1, 0.15) is 5.15 Å². The lowest BCUT2D eigenvalue weighted by molar-refractivity contribution is 0.675. The third kappa shape index (κ3) is 2.05. The second kappa shape index (κ2) is 4.45. The van der Waals surface area contributed by atoms with Crippen molar-refractivity contribution in [1.82, 2.24) is 19.7 Å². The zero-order chi connectivity index (χ0) is 11.7. The molecule has 0 N–H and O–H groups in total. The second-order valence-corrected chi connectivity index (χ2v) is 4.74. The molecular formula is C12H13ClN4. The van der Waals surface area contributed by atoms with E-state index in [0.29, 0.717) is 16.9 Å². The molecule has 5 heteroatoms. The lowest BCUT2D eigenvalue weighted by Crippen LogP contribution is -2.01. The first-order chi connectivity index (χ1) is 8.34. The van der Waals surface area contributed by atoms with E-state index in [4.69, 9.17) is 11.6 Å². The summed E-state index contributed by atoms with van der Waals surface area (Å²) in [5.41, 5.74) is 1.08. The van der Waals surface area contributed by atoms with E-state index in [-0.39, 0.29) is 0 Å². The molecule has 1 fully saturated rings. The van der Waals surface area contributed by atoms with Crippen molar-refractivity contribution in [2.45, 2.75) is 31.6 Å². The van der Waals surface area contributed by atoms with Gasteiger partial charge in [-0.2, -0.15) is 5.10 Å². The molecule has 1 aliphatic carbocycles. The summed E-state index contributed by atoms with van der Waals surface area (Å²) in [6.07, 6.45) is 9.96. The molecule has 0 saturated heterocycles. The van der Waals surface area contributed by atoms with Crippen LogP contribution in [0.15, 0.2) is 24.7 Å². The van der Waals surface area contributed by atoms with E-state index < -0.39 is 0 Å². The van der Waals surface area contributed by atoms with E-state index in [1.165, 1.54) is 25.7 Å². The molecule has 0 bridgehead atoms. The van der Waals surface area contributed by atoms with Gasteiger partial charge in [0.25, 0.3) is 0 Å². The Hall–Kier alpha value is -1.42. The third-order valence-corrected chi connectivity index (χ3v) is 3.49. The van der Waals surface area contributed by atoms with Crippen molar-refractivity contribution >= 4 is 11.6 Å². The minimum absolute atomic E-state index is 0.561. The molecule has 2 heterocycles. The van der Waals surface area contributed by atoms with E-state index >= 15 is 0 Å². The normalized spacial score (nSPS) is 16.5. The summed E-state index contributed by atoms with van der Waals surface area (Å²) >= 11 is 6.19. The van der Waals surface area contributed by atoms with Crippen LogP contribution in [0.5, 0.6) is 0 Å². The molecule has 0 atom stereocenters. The molecule has 0 aromatic carbocycles. The van der Waals surface area contributed by atoms with Crippen molar-refractivity contribution in [3.63, 3.8) is 0 Å². The van der Waals surface area contributed by atoms with Crippen molar-refractivity contribution in [1.29, 1.82) is 0 Å². The van der Waals surface area contributed by atoms with Gasteiger partial charge in [-0.05, 0) is 18.9 Å². The molecule has 0 unspecified atom stereocenters. The van der Waals surface area contributed by atoms with Gasteiger partial charge in [0.05, 0.1) is 11.9 Å². The van der Waals surface area contributed by atoms with Gasteiger partial charge in [0.15, 0.2) is 5.82 Å². The highest BCUT2D eigenvalue weighted by atomic mass is 35.5. The van der Waals surface area contributed by atoms with Gasteiger partial charge in [-0.15, -0.1) is 0 Å². The lowest BCUT2D eigenvalue weighted by Gasteiger charge is -2.03. The summed E-state index contributed by atoms with van der Waals surface area (Å²) in [6.45, 7) is 0. The maximum atomic E-state index is 6.19. The van der Waals surface area contributed by atoms with E-state index in [2.05, 4.69) is 15.1 Å². The van der Waals surface area contributed by atoms with Crippen molar-refractivity contribution < 1.29 is 0 Å². The Morgan fingerprint density at radius 3 is 2.76 bits per heavy atom. The molecule has 2 aromatic heterocycles. The van der Waals surface area contributed by atoms with E-state index in [9.17, 15) is 0 Å². The molecule has 1 aliphatic rings. The van der Waals surface area contributed by atoms with Crippen LogP contribution < -0.4 is 0 Å². The maximum Gasteiger partial charge on any atom is 0.173 e. The highest BCUT2D eigenvalue weighted by molar-refractivity contribution is 6.29. The molecule has 4 nitrogen and oxygen atoms in total. The summed E-state index contributed by atoms with van der Waals surface area (Å²) < 4.78 is 1.65. The maximum absolute atomic E-state index is 6.19. The van der Waals surface area contributed by atoms with Gasteiger partial charge in [-0.25, -0.2) is 9.67 Å². The van der Waals surface area contributed by atoms with Crippen LogP contribution in [0.2, 0.25) is 5.15 Å². The standard InChI is InChI=1S/C12H13ClN4/c13-11-7-10(9-3-1-2-4-9)16-17(11)12-8-14-5-6-15-12/h5-9H,1-4H2. The highest BCUT2D eigenvalue weighted by Gasteiger charge is 2.21. The number of hydrogen-bond acceptors (Lipinski definition) is 3. The summed E-state index contributed by atoms with van der Waals surface area (Å²) in [4.78, 5) is 8.23. The van der Waals surface area contributed by atoms with Gasteiger partial charge in [-0.3, -0.25) is 4.98 Å². The monoisotopic (exact) mass is 248 g/mol. The van der Waals surface area contributed by atoms with Crippen LogP contribution in [0, 0.1) is 0 Å². The zero-order valence-electron chi connectivity index (χ0n) is 9.38. The molecule has 0 aliphatic heterocycles. The van der Waals surface area contributed by atoms with E-state index in [1.54, 1.807) is 23.3 Å². The van der Waals surface area contributed by atoms with Crippen molar-refractivity contribution in [3.05, 3.63) is 35.5 Å². The van der Waals surface area contributed by atoms with Crippen LogP contribution in [0.25, 0.3) is 5.82 Å². The fourth-order valence-corrected chi connectivity index (χ4v) is 2.59. The summed E-state index contributed by atoms with van der Waals surface area (Å²) in [5.74, 6) is 1.23. The predicted octanol–water partition coefficient (Wildman–Crippen LogP) is 2.97. The van der Waals surface area contributed by atoms with Gasteiger partial charge >= 0.3 is 0 Å². The molecule has 2 aromatic rings. The lowest BCUT2D eigenvalue weighted by atomic mass is 10.1. The summed E-state index contributed by atoms with van der Waals surface area (Å²) in [5, 5.41) is 5.15. The quantitative estimate of drug-likeness (QED) is 0.821. The topological polar surface area (TPSA) is 43.6 Å². The van der Waals surface area contributed by atoms with Gasteiger partial charge in [0, 0.05) is 18.3 Å². The number of rotatable bonds is 2.